The van der Waals surface area contributed by atoms with Crippen LogP contribution in [0.4, 0.5) is 11.4 Å². The maximum Gasteiger partial charge on any atom is 0.255 e. The smallest absolute Gasteiger partial charge is 0.255 e. The Kier molecular flexibility index (Phi) is 4.82. The molecule has 0 saturated heterocycles. The van der Waals surface area contributed by atoms with Crippen LogP contribution in [0.15, 0.2) is 48.5 Å². The van der Waals surface area contributed by atoms with Gasteiger partial charge < -0.3 is 5.32 Å². The maximum absolute atomic E-state index is 12.1. The second-order valence-electron chi connectivity index (χ2n) is 4.96. The Bertz CT molecular complexity index is 751. The lowest BCUT2D eigenvalue weighted by atomic mass is 10.1. The molecule has 116 valence electrons. The number of benzene rings is 2. The van der Waals surface area contributed by atoms with E-state index in [9.17, 15) is 13.2 Å². The first kappa shape index (κ1) is 16.0. The van der Waals surface area contributed by atoms with E-state index in [1.807, 2.05) is 12.1 Å². The van der Waals surface area contributed by atoms with Gasteiger partial charge in [0.2, 0.25) is 10.0 Å². The number of nitrogens with one attached hydrogen (secondary N) is 2. The molecule has 6 heteroatoms. The minimum atomic E-state index is -3.30. The number of carbonyl (C=O) groups is 1. The van der Waals surface area contributed by atoms with Crippen molar-refractivity contribution < 1.29 is 13.2 Å². The fraction of sp³-hybridized carbons (Fsp3) is 0.188. The molecule has 0 saturated carbocycles. The van der Waals surface area contributed by atoms with Crippen LogP contribution in [0.5, 0.6) is 0 Å². The molecule has 0 aliphatic carbocycles. The van der Waals surface area contributed by atoms with Gasteiger partial charge in [0, 0.05) is 16.9 Å². The van der Waals surface area contributed by atoms with Crippen LogP contribution in [-0.2, 0) is 16.4 Å². The molecule has 0 aliphatic heterocycles. The first-order chi connectivity index (χ1) is 10.4. The van der Waals surface area contributed by atoms with Crippen LogP contribution < -0.4 is 10.0 Å². The van der Waals surface area contributed by atoms with Crippen molar-refractivity contribution in [2.75, 3.05) is 16.3 Å². The van der Waals surface area contributed by atoms with E-state index in [2.05, 4.69) is 17.0 Å². The van der Waals surface area contributed by atoms with E-state index >= 15 is 0 Å². The highest BCUT2D eigenvalue weighted by Crippen LogP contribution is 2.15. The zero-order valence-corrected chi connectivity index (χ0v) is 13.3. The molecule has 0 aliphatic rings. The average molecular weight is 318 g/mol. The Morgan fingerprint density at radius 1 is 0.955 bits per heavy atom. The van der Waals surface area contributed by atoms with E-state index in [0.29, 0.717) is 16.9 Å². The predicted molar refractivity (Wildman–Crippen MR) is 88.7 cm³/mol. The molecule has 22 heavy (non-hydrogen) atoms. The van der Waals surface area contributed by atoms with E-state index in [-0.39, 0.29) is 5.91 Å². The van der Waals surface area contributed by atoms with E-state index in [4.69, 9.17) is 0 Å². The second kappa shape index (κ2) is 6.62. The normalized spacial score (nSPS) is 11.0. The summed E-state index contributed by atoms with van der Waals surface area (Å²) in [5.41, 5.74) is 2.81. The summed E-state index contributed by atoms with van der Waals surface area (Å²) < 4.78 is 24.6. The number of hydrogen-bond acceptors (Lipinski definition) is 3. The van der Waals surface area contributed by atoms with E-state index < -0.39 is 10.0 Å². The van der Waals surface area contributed by atoms with Crippen molar-refractivity contribution in [3.63, 3.8) is 0 Å². The molecule has 2 rings (SSSR count). The Labute approximate surface area is 130 Å². The molecule has 5 nitrogen and oxygen atoms in total. The van der Waals surface area contributed by atoms with Crippen LogP contribution in [0.3, 0.4) is 0 Å². The van der Waals surface area contributed by atoms with Crippen molar-refractivity contribution >= 4 is 27.3 Å². The van der Waals surface area contributed by atoms with Crippen LogP contribution in [0.1, 0.15) is 22.8 Å². The highest BCUT2D eigenvalue weighted by molar-refractivity contribution is 7.92. The summed E-state index contributed by atoms with van der Waals surface area (Å²) in [7, 11) is -3.30. The molecular formula is C16H18N2O3S. The highest BCUT2D eigenvalue weighted by atomic mass is 32.2. The summed E-state index contributed by atoms with van der Waals surface area (Å²) in [6, 6.07) is 13.9. The fourth-order valence-electron chi connectivity index (χ4n) is 1.93. The standard InChI is InChI=1S/C16H18N2O3S/c1-3-12-4-6-13(7-5-12)16(19)17-14-8-10-15(11-9-14)18-22(2,20)21/h4-11,18H,3H2,1-2H3,(H,17,19). The van der Waals surface area contributed by atoms with Crippen molar-refractivity contribution in [3.8, 4) is 0 Å². The van der Waals surface area contributed by atoms with Crippen LogP contribution >= 0.6 is 0 Å². The molecule has 2 aromatic rings. The van der Waals surface area contributed by atoms with Crippen LogP contribution in [0, 0.1) is 0 Å². The summed E-state index contributed by atoms with van der Waals surface area (Å²) in [5, 5.41) is 2.77. The summed E-state index contributed by atoms with van der Waals surface area (Å²) in [6.07, 6.45) is 2.01. The average Bonchev–Trinajstić information content (AvgIpc) is 2.48. The number of hydrogen-bond donors (Lipinski definition) is 2. The van der Waals surface area contributed by atoms with Gasteiger partial charge in [0.25, 0.3) is 5.91 Å². The molecule has 0 radical (unpaired) electrons. The second-order valence-corrected chi connectivity index (χ2v) is 6.70. The summed E-state index contributed by atoms with van der Waals surface area (Å²) in [6.45, 7) is 2.06. The quantitative estimate of drug-likeness (QED) is 0.890. The zero-order chi connectivity index (χ0) is 16.2. The van der Waals surface area contributed by atoms with Gasteiger partial charge in [0.1, 0.15) is 0 Å². The Morgan fingerprint density at radius 3 is 2.00 bits per heavy atom. The fourth-order valence-corrected chi connectivity index (χ4v) is 2.49. The van der Waals surface area contributed by atoms with Gasteiger partial charge in [0.15, 0.2) is 0 Å². The van der Waals surface area contributed by atoms with Crippen molar-refractivity contribution in [3.05, 3.63) is 59.7 Å². The van der Waals surface area contributed by atoms with Crippen molar-refractivity contribution in [1.82, 2.24) is 0 Å². The number of aryl methyl sites for hydroxylation is 1. The predicted octanol–water partition coefficient (Wildman–Crippen LogP) is 2.87. The molecule has 0 fully saturated rings. The van der Waals surface area contributed by atoms with Crippen LogP contribution in [-0.4, -0.2) is 20.6 Å². The van der Waals surface area contributed by atoms with E-state index in [1.54, 1.807) is 36.4 Å². The Hall–Kier alpha value is -2.34. The molecule has 0 heterocycles. The Balaban J connectivity index is 2.05. The summed E-state index contributed by atoms with van der Waals surface area (Å²) >= 11 is 0. The largest absolute Gasteiger partial charge is 0.322 e. The monoisotopic (exact) mass is 318 g/mol. The molecule has 0 unspecified atom stereocenters. The summed E-state index contributed by atoms with van der Waals surface area (Å²) in [5.74, 6) is -0.202. The number of rotatable bonds is 5. The van der Waals surface area contributed by atoms with E-state index in [1.165, 1.54) is 5.56 Å². The van der Waals surface area contributed by atoms with E-state index in [0.717, 1.165) is 12.7 Å². The SMILES string of the molecule is CCc1ccc(C(=O)Nc2ccc(NS(C)(=O)=O)cc2)cc1. The first-order valence-electron chi connectivity index (χ1n) is 6.85. The first-order valence-corrected chi connectivity index (χ1v) is 8.74. The third kappa shape index (κ3) is 4.60. The maximum atomic E-state index is 12.1. The molecule has 0 atom stereocenters. The highest BCUT2D eigenvalue weighted by Gasteiger charge is 2.06. The lowest BCUT2D eigenvalue weighted by molar-refractivity contribution is 0.102. The van der Waals surface area contributed by atoms with Crippen molar-refractivity contribution in [2.45, 2.75) is 13.3 Å². The topological polar surface area (TPSA) is 75.3 Å². The van der Waals surface area contributed by atoms with Gasteiger partial charge >= 0.3 is 0 Å². The van der Waals surface area contributed by atoms with Gasteiger partial charge in [-0.15, -0.1) is 0 Å². The lowest BCUT2D eigenvalue weighted by Crippen LogP contribution is -2.12. The van der Waals surface area contributed by atoms with Crippen molar-refractivity contribution in [2.24, 2.45) is 0 Å². The molecule has 1 amide bonds. The van der Waals surface area contributed by atoms with Crippen LogP contribution in [0.25, 0.3) is 0 Å². The van der Waals surface area contributed by atoms with Crippen LogP contribution in [0.2, 0.25) is 0 Å². The van der Waals surface area contributed by atoms with Gasteiger partial charge in [-0.2, -0.15) is 0 Å². The minimum absolute atomic E-state index is 0.202. The minimum Gasteiger partial charge on any atom is -0.322 e. The Morgan fingerprint density at radius 2 is 1.50 bits per heavy atom. The van der Waals surface area contributed by atoms with Gasteiger partial charge in [-0.3, -0.25) is 9.52 Å². The zero-order valence-electron chi connectivity index (χ0n) is 12.5. The van der Waals surface area contributed by atoms with Gasteiger partial charge in [-0.05, 0) is 48.4 Å². The third-order valence-electron chi connectivity index (χ3n) is 3.07. The number of sulfonamides is 1. The molecule has 2 N–H and O–H groups in total. The molecular weight excluding hydrogens is 300 g/mol. The molecule has 0 bridgehead atoms. The number of carbonyl (C=O) groups excluding carboxylic acids is 1. The molecule has 2 aromatic carbocycles. The summed E-state index contributed by atoms with van der Waals surface area (Å²) in [4.78, 5) is 12.1. The van der Waals surface area contributed by atoms with Gasteiger partial charge in [-0.25, -0.2) is 8.42 Å². The number of amides is 1. The van der Waals surface area contributed by atoms with Gasteiger partial charge in [-0.1, -0.05) is 19.1 Å². The number of anilines is 2. The van der Waals surface area contributed by atoms with Crippen molar-refractivity contribution in [1.29, 1.82) is 0 Å². The molecule has 0 aromatic heterocycles. The molecule has 0 spiro atoms. The lowest BCUT2D eigenvalue weighted by Gasteiger charge is -2.08. The van der Waals surface area contributed by atoms with Gasteiger partial charge in [0.05, 0.1) is 6.26 Å². The third-order valence-corrected chi connectivity index (χ3v) is 3.68.